The quantitative estimate of drug-likeness (QED) is 0.735. The van der Waals surface area contributed by atoms with Gasteiger partial charge in [0, 0.05) is 6.42 Å². The highest BCUT2D eigenvalue weighted by Crippen LogP contribution is 2.60. The highest BCUT2D eigenvalue weighted by molar-refractivity contribution is 5.04. The molecule has 0 heterocycles. The van der Waals surface area contributed by atoms with Crippen molar-refractivity contribution in [1.82, 2.24) is 0 Å². The van der Waals surface area contributed by atoms with Crippen molar-refractivity contribution in [3.05, 3.63) is 0 Å². The van der Waals surface area contributed by atoms with E-state index in [1.54, 1.807) is 0 Å². The van der Waals surface area contributed by atoms with Crippen LogP contribution in [0.5, 0.6) is 0 Å². The lowest BCUT2D eigenvalue weighted by atomic mass is 10.1. The molecule has 1 fully saturated rings. The lowest BCUT2D eigenvalue weighted by Crippen LogP contribution is -2.08. The van der Waals surface area contributed by atoms with E-state index in [2.05, 4.69) is 0 Å². The first-order valence-corrected chi connectivity index (χ1v) is 4.56. The van der Waals surface area contributed by atoms with E-state index in [-0.39, 0.29) is 23.7 Å². The molecule has 0 aromatic heterocycles. The van der Waals surface area contributed by atoms with Crippen LogP contribution in [0.15, 0.2) is 0 Å². The van der Waals surface area contributed by atoms with Gasteiger partial charge in [0.2, 0.25) is 0 Å². The zero-order valence-electron chi connectivity index (χ0n) is 7.99. The van der Waals surface area contributed by atoms with E-state index in [0.29, 0.717) is 6.54 Å². The molecule has 0 aromatic carbocycles. The second-order valence-electron chi connectivity index (χ2n) is 4.42. The topological polar surface area (TPSA) is 26.0 Å². The summed E-state index contributed by atoms with van der Waals surface area (Å²) >= 11 is 0. The van der Waals surface area contributed by atoms with Gasteiger partial charge in [-0.3, -0.25) is 0 Å². The first kappa shape index (κ1) is 10.8. The first-order valence-electron chi connectivity index (χ1n) is 4.56. The molecule has 13 heavy (non-hydrogen) atoms. The molecule has 2 atom stereocenters. The van der Waals surface area contributed by atoms with Gasteiger partial charge in [0.25, 0.3) is 0 Å². The smallest absolute Gasteiger partial charge is 0.330 e. The van der Waals surface area contributed by atoms with Crippen LogP contribution in [0, 0.1) is 17.3 Å². The van der Waals surface area contributed by atoms with Crippen LogP contribution in [0.4, 0.5) is 13.2 Å². The third-order valence-corrected chi connectivity index (χ3v) is 3.28. The molecule has 0 bridgehead atoms. The third kappa shape index (κ3) is 2.36. The van der Waals surface area contributed by atoms with Gasteiger partial charge in [-0.05, 0) is 30.2 Å². The molecule has 1 rings (SSSR count). The van der Waals surface area contributed by atoms with Crippen LogP contribution in [0.1, 0.15) is 26.7 Å². The third-order valence-electron chi connectivity index (χ3n) is 3.28. The van der Waals surface area contributed by atoms with Crippen molar-refractivity contribution in [2.45, 2.75) is 32.9 Å². The fourth-order valence-electron chi connectivity index (χ4n) is 2.22. The largest absolute Gasteiger partial charge is 0.389 e. The van der Waals surface area contributed by atoms with Gasteiger partial charge in [0.05, 0.1) is 0 Å². The Balaban J connectivity index is 2.33. The SMILES string of the molecule is CC1(C)C(CN)C1CCC(F)(F)F. The molecule has 1 aliphatic rings. The van der Waals surface area contributed by atoms with Crippen LogP contribution < -0.4 is 5.73 Å². The molecule has 1 saturated carbocycles. The van der Waals surface area contributed by atoms with E-state index in [0.717, 1.165) is 0 Å². The van der Waals surface area contributed by atoms with E-state index in [9.17, 15) is 13.2 Å². The summed E-state index contributed by atoms with van der Waals surface area (Å²) in [5, 5.41) is 0. The number of halogens is 3. The predicted octanol–water partition coefficient (Wildman–Crippen LogP) is 2.56. The average molecular weight is 195 g/mol. The molecule has 1 aliphatic carbocycles. The van der Waals surface area contributed by atoms with Gasteiger partial charge in [-0.15, -0.1) is 0 Å². The minimum absolute atomic E-state index is 0.0278. The second-order valence-corrected chi connectivity index (χ2v) is 4.42. The summed E-state index contributed by atoms with van der Waals surface area (Å²) in [6.45, 7) is 4.49. The van der Waals surface area contributed by atoms with Crippen molar-refractivity contribution in [3.63, 3.8) is 0 Å². The highest BCUT2D eigenvalue weighted by atomic mass is 19.4. The summed E-state index contributed by atoms with van der Waals surface area (Å²) < 4.78 is 35.7. The number of rotatable bonds is 3. The molecule has 0 spiro atoms. The molecule has 4 heteroatoms. The van der Waals surface area contributed by atoms with Gasteiger partial charge in [0.15, 0.2) is 0 Å². The Morgan fingerprint density at radius 2 is 1.77 bits per heavy atom. The van der Waals surface area contributed by atoms with Crippen LogP contribution in [0.25, 0.3) is 0 Å². The minimum atomic E-state index is -4.02. The van der Waals surface area contributed by atoms with Crippen LogP contribution in [0.3, 0.4) is 0 Å². The predicted molar refractivity (Wildman–Crippen MR) is 45.1 cm³/mol. The number of hydrogen-bond donors (Lipinski definition) is 1. The van der Waals surface area contributed by atoms with Crippen LogP contribution in [-0.4, -0.2) is 12.7 Å². The van der Waals surface area contributed by atoms with Gasteiger partial charge >= 0.3 is 6.18 Å². The summed E-state index contributed by atoms with van der Waals surface area (Å²) in [6, 6.07) is 0. The maximum absolute atomic E-state index is 11.9. The van der Waals surface area contributed by atoms with E-state index < -0.39 is 12.6 Å². The summed E-state index contributed by atoms with van der Waals surface area (Å²) in [7, 11) is 0. The van der Waals surface area contributed by atoms with Gasteiger partial charge in [-0.1, -0.05) is 13.8 Å². The Labute approximate surface area is 76.5 Å². The monoisotopic (exact) mass is 195 g/mol. The Morgan fingerprint density at radius 3 is 2.08 bits per heavy atom. The van der Waals surface area contributed by atoms with Crippen molar-refractivity contribution in [2.24, 2.45) is 23.0 Å². The van der Waals surface area contributed by atoms with Crippen molar-refractivity contribution in [1.29, 1.82) is 0 Å². The molecular weight excluding hydrogens is 179 g/mol. The Hall–Kier alpha value is -0.250. The summed E-state index contributed by atoms with van der Waals surface area (Å²) in [5.41, 5.74) is 5.49. The molecular formula is C9H16F3N. The highest BCUT2D eigenvalue weighted by Gasteiger charge is 2.56. The number of nitrogens with two attached hydrogens (primary N) is 1. The zero-order valence-corrected chi connectivity index (χ0v) is 7.99. The molecule has 0 radical (unpaired) electrons. The molecule has 2 N–H and O–H groups in total. The fraction of sp³-hybridized carbons (Fsp3) is 1.00. The summed E-state index contributed by atoms with van der Waals surface area (Å²) in [5.74, 6) is 0.453. The van der Waals surface area contributed by atoms with E-state index in [1.807, 2.05) is 13.8 Å². The molecule has 2 unspecified atom stereocenters. The lowest BCUT2D eigenvalue weighted by molar-refractivity contribution is -0.136. The van der Waals surface area contributed by atoms with Crippen molar-refractivity contribution >= 4 is 0 Å². The second kappa shape index (κ2) is 3.15. The number of hydrogen-bond acceptors (Lipinski definition) is 1. The molecule has 0 aromatic rings. The van der Waals surface area contributed by atoms with E-state index >= 15 is 0 Å². The summed E-state index contributed by atoms with van der Waals surface area (Å²) in [4.78, 5) is 0. The molecule has 0 saturated heterocycles. The Bertz CT molecular complexity index is 186. The average Bonchev–Trinajstić information content (AvgIpc) is 2.46. The van der Waals surface area contributed by atoms with Gasteiger partial charge in [-0.2, -0.15) is 13.2 Å². The van der Waals surface area contributed by atoms with Gasteiger partial charge < -0.3 is 5.73 Å². The van der Waals surface area contributed by atoms with Crippen LogP contribution >= 0.6 is 0 Å². The first-order chi connectivity index (χ1) is 5.79. The Kier molecular flexibility index (Phi) is 2.63. The van der Waals surface area contributed by atoms with E-state index in [4.69, 9.17) is 5.73 Å². The normalized spacial score (nSPS) is 31.8. The maximum Gasteiger partial charge on any atom is 0.389 e. The summed E-state index contributed by atoms with van der Waals surface area (Å²) in [6.07, 6.45) is -4.45. The number of alkyl halides is 3. The Morgan fingerprint density at radius 1 is 1.23 bits per heavy atom. The standard InChI is InChI=1S/C9H16F3N/c1-8(2)6(7(8)5-13)3-4-9(10,11)12/h6-7H,3-5,13H2,1-2H3. The lowest BCUT2D eigenvalue weighted by Gasteiger charge is -2.06. The molecule has 1 nitrogen and oxygen atoms in total. The zero-order chi connectivity index (χ0) is 10.3. The van der Waals surface area contributed by atoms with E-state index in [1.165, 1.54) is 0 Å². The molecule has 78 valence electrons. The minimum Gasteiger partial charge on any atom is -0.330 e. The fourth-order valence-corrected chi connectivity index (χ4v) is 2.22. The maximum atomic E-state index is 11.9. The molecule has 0 aliphatic heterocycles. The van der Waals surface area contributed by atoms with Crippen LogP contribution in [-0.2, 0) is 0 Å². The van der Waals surface area contributed by atoms with Crippen molar-refractivity contribution < 1.29 is 13.2 Å². The van der Waals surface area contributed by atoms with Crippen LogP contribution in [0.2, 0.25) is 0 Å². The van der Waals surface area contributed by atoms with Crippen molar-refractivity contribution in [2.75, 3.05) is 6.54 Å². The van der Waals surface area contributed by atoms with Crippen molar-refractivity contribution in [3.8, 4) is 0 Å². The van der Waals surface area contributed by atoms with Gasteiger partial charge in [0.1, 0.15) is 0 Å². The molecule has 0 amide bonds. The van der Waals surface area contributed by atoms with Gasteiger partial charge in [-0.25, -0.2) is 0 Å².